The molecule has 0 saturated heterocycles. The van der Waals surface area contributed by atoms with E-state index >= 15 is 0 Å². The summed E-state index contributed by atoms with van der Waals surface area (Å²) in [6.07, 6.45) is 0. The van der Waals surface area contributed by atoms with Crippen molar-refractivity contribution >= 4 is 110 Å². The molecule has 9 aromatic carbocycles. The number of para-hydroxylation sites is 4. The second-order valence-corrected chi connectivity index (χ2v) is 16.0. The summed E-state index contributed by atoms with van der Waals surface area (Å²) in [6, 6.07) is 73.5. The van der Waals surface area contributed by atoms with Gasteiger partial charge in [-0.05, 0) is 120 Å². The lowest BCUT2D eigenvalue weighted by Crippen LogP contribution is -2.13. The Morgan fingerprint density at radius 2 is 0.746 bits per heavy atom. The summed E-state index contributed by atoms with van der Waals surface area (Å²) in [4.78, 5) is 4.75. The fourth-order valence-corrected chi connectivity index (χ4v) is 9.77. The summed E-state index contributed by atoms with van der Waals surface area (Å²) in [6.45, 7) is 0. The molecule has 12 rings (SSSR count). The SMILES string of the molecule is c1ccc(N(c2cc(-c3ccc4oc5ccccc5c4c3)cc(N(c3ccccc3)c3ccc4sc5ccccc5c4c3)c2)c2ccc3oc4ccccc4c3c2)cc1. The first kappa shape index (κ1) is 33.5. The lowest BCUT2D eigenvalue weighted by Gasteiger charge is -2.30. The molecule has 0 bridgehead atoms. The molecule has 0 N–H and O–H groups in total. The summed E-state index contributed by atoms with van der Waals surface area (Å²) in [5, 5.41) is 6.90. The summed E-state index contributed by atoms with van der Waals surface area (Å²) < 4.78 is 15.2. The van der Waals surface area contributed by atoms with Crippen LogP contribution in [0.15, 0.2) is 215 Å². The van der Waals surface area contributed by atoms with E-state index in [-0.39, 0.29) is 0 Å². The van der Waals surface area contributed by atoms with Crippen LogP contribution in [-0.4, -0.2) is 0 Å². The van der Waals surface area contributed by atoms with E-state index < -0.39 is 0 Å². The number of nitrogens with zero attached hydrogens (tertiary/aromatic N) is 2. The van der Waals surface area contributed by atoms with Crippen molar-refractivity contribution in [3.63, 3.8) is 0 Å². The lowest BCUT2D eigenvalue weighted by molar-refractivity contribution is 0.668. The van der Waals surface area contributed by atoms with Gasteiger partial charge in [0.05, 0.1) is 0 Å². The third-order valence-electron chi connectivity index (χ3n) is 11.4. The van der Waals surface area contributed by atoms with E-state index in [4.69, 9.17) is 8.83 Å². The van der Waals surface area contributed by atoms with Gasteiger partial charge >= 0.3 is 0 Å². The molecule has 0 atom stereocenters. The van der Waals surface area contributed by atoms with Crippen LogP contribution >= 0.6 is 11.3 Å². The smallest absolute Gasteiger partial charge is 0.135 e. The van der Waals surface area contributed by atoms with E-state index in [2.05, 4.69) is 192 Å². The number of fused-ring (bicyclic) bond motifs is 9. The zero-order valence-electron chi connectivity index (χ0n) is 31.7. The Morgan fingerprint density at radius 1 is 0.271 bits per heavy atom. The highest BCUT2D eigenvalue weighted by Crippen LogP contribution is 2.46. The monoisotopic (exact) mass is 774 g/mol. The normalized spacial score (nSPS) is 11.7. The van der Waals surface area contributed by atoms with Gasteiger partial charge in [-0.3, -0.25) is 0 Å². The second-order valence-electron chi connectivity index (χ2n) is 14.9. The molecule has 0 aliphatic heterocycles. The van der Waals surface area contributed by atoms with E-state index in [1.807, 2.05) is 35.6 Å². The van der Waals surface area contributed by atoms with Crippen molar-refractivity contribution in [1.29, 1.82) is 0 Å². The van der Waals surface area contributed by atoms with Gasteiger partial charge in [0, 0.05) is 75.8 Å². The van der Waals surface area contributed by atoms with Gasteiger partial charge in [0.15, 0.2) is 0 Å². The predicted molar refractivity (Wildman–Crippen MR) is 249 cm³/mol. The van der Waals surface area contributed by atoms with E-state index in [9.17, 15) is 0 Å². The van der Waals surface area contributed by atoms with Crippen molar-refractivity contribution in [3.8, 4) is 11.1 Å². The molecule has 3 heterocycles. The van der Waals surface area contributed by atoms with Crippen LogP contribution < -0.4 is 9.80 Å². The molecule has 0 spiro atoms. The maximum Gasteiger partial charge on any atom is 0.135 e. The largest absolute Gasteiger partial charge is 0.456 e. The molecule has 12 aromatic rings. The molecule has 59 heavy (non-hydrogen) atoms. The van der Waals surface area contributed by atoms with Crippen LogP contribution in [0.3, 0.4) is 0 Å². The summed E-state index contributed by atoms with van der Waals surface area (Å²) >= 11 is 1.84. The minimum Gasteiger partial charge on any atom is -0.456 e. The van der Waals surface area contributed by atoms with Gasteiger partial charge in [-0.2, -0.15) is 0 Å². The molecule has 0 saturated carbocycles. The Balaban J connectivity index is 1.13. The first-order chi connectivity index (χ1) is 29.2. The maximum atomic E-state index is 6.30. The molecule has 0 unspecified atom stereocenters. The van der Waals surface area contributed by atoms with Crippen LogP contribution in [0.4, 0.5) is 34.1 Å². The number of benzene rings is 9. The molecule has 3 aromatic heterocycles. The van der Waals surface area contributed by atoms with Gasteiger partial charge < -0.3 is 18.6 Å². The topological polar surface area (TPSA) is 32.8 Å². The Hall–Kier alpha value is -7.60. The molecular formula is C54H34N2O2S. The van der Waals surface area contributed by atoms with Crippen molar-refractivity contribution in [2.75, 3.05) is 9.80 Å². The number of hydrogen-bond acceptors (Lipinski definition) is 5. The summed E-state index contributed by atoms with van der Waals surface area (Å²) in [7, 11) is 0. The Morgan fingerprint density at radius 3 is 1.39 bits per heavy atom. The average molecular weight is 775 g/mol. The van der Waals surface area contributed by atoms with Gasteiger partial charge in [-0.1, -0.05) is 97.1 Å². The first-order valence-electron chi connectivity index (χ1n) is 19.8. The number of anilines is 6. The maximum absolute atomic E-state index is 6.30. The van der Waals surface area contributed by atoms with E-state index in [1.165, 1.54) is 20.2 Å². The number of furan rings is 2. The first-order valence-corrected chi connectivity index (χ1v) is 20.6. The molecule has 278 valence electrons. The quantitative estimate of drug-likeness (QED) is 0.161. The molecule has 0 fully saturated rings. The average Bonchev–Trinajstić information content (AvgIpc) is 3.98. The Labute approximate surface area is 344 Å². The van der Waals surface area contributed by atoms with Gasteiger partial charge in [-0.15, -0.1) is 11.3 Å². The number of hydrogen-bond donors (Lipinski definition) is 0. The zero-order chi connectivity index (χ0) is 38.9. The van der Waals surface area contributed by atoms with Crippen molar-refractivity contribution in [1.82, 2.24) is 0 Å². The van der Waals surface area contributed by atoms with Crippen LogP contribution in [0, 0.1) is 0 Å². The van der Waals surface area contributed by atoms with Gasteiger partial charge in [0.2, 0.25) is 0 Å². The zero-order valence-corrected chi connectivity index (χ0v) is 32.6. The Bertz CT molecular complexity index is 3350. The van der Waals surface area contributed by atoms with E-state index in [0.717, 1.165) is 89.1 Å². The fourth-order valence-electron chi connectivity index (χ4n) is 8.68. The molecule has 0 aliphatic carbocycles. The summed E-state index contributed by atoms with van der Waals surface area (Å²) in [5.41, 5.74) is 12.0. The molecule has 5 heteroatoms. The second kappa shape index (κ2) is 13.5. The predicted octanol–water partition coefficient (Wildman–Crippen LogP) is 16.5. The van der Waals surface area contributed by atoms with Gasteiger partial charge in [0.1, 0.15) is 22.3 Å². The van der Waals surface area contributed by atoms with Crippen LogP contribution in [0.5, 0.6) is 0 Å². The molecular weight excluding hydrogens is 741 g/mol. The Kier molecular flexibility index (Phi) is 7.68. The third kappa shape index (κ3) is 5.66. The highest BCUT2D eigenvalue weighted by atomic mass is 32.1. The van der Waals surface area contributed by atoms with Crippen molar-refractivity contribution in [3.05, 3.63) is 206 Å². The summed E-state index contributed by atoms with van der Waals surface area (Å²) in [5.74, 6) is 0. The van der Waals surface area contributed by atoms with Gasteiger partial charge in [-0.25, -0.2) is 0 Å². The minimum absolute atomic E-state index is 0.865. The lowest BCUT2D eigenvalue weighted by atomic mass is 9.99. The highest BCUT2D eigenvalue weighted by molar-refractivity contribution is 7.25. The van der Waals surface area contributed by atoms with E-state index in [0.29, 0.717) is 0 Å². The van der Waals surface area contributed by atoms with Crippen LogP contribution in [0.2, 0.25) is 0 Å². The van der Waals surface area contributed by atoms with Gasteiger partial charge in [0.25, 0.3) is 0 Å². The molecule has 0 aliphatic rings. The minimum atomic E-state index is 0.865. The van der Waals surface area contributed by atoms with Crippen molar-refractivity contribution in [2.45, 2.75) is 0 Å². The third-order valence-corrected chi connectivity index (χ3v) is 12.5. The highest BCUT2D eigenvalue weighted by Gasteiger charge is 2.22. The molecule has 0 radical (unpaired) electrons. The van der Waals surface area contributed by atoms with Crippen molar-refractivity contribution < 1.29 is 8.83 Å². The van der Waals surface area contributed by atoms with Crippen LogP contribution in [0.25, 0.3) is 75.2 Å². The standard InChI is InChI=1S/C54H34N2O2S/c1-3-13-37(14-4-1)55(39-24-27-52-47(33-39)44-18-8-11-21-50(44)58-52)41-29-36(35-23-26-51-46(31-35)43-17-7-10-20-49(43)57-51)30-42(32-41)56(38-15-5-2-6-16-38)40-25-28-54-48(34-40)45-19-9-12-22-53(45)59-54/h1-34H. The molecule has 0 amide bonds. The van der Waals surface area contributed by atoms with E-state index in [1.54, 1.807) is 0 Å². The number of thiophene rings is 1. The molecule has 4 nitrogen and oxygen atoms in total. The van der Waals surface area contributed by atoms with Crippen molar-refractivity contribution in [2.24, 2.45) is 0 Å². The fraction of sp³-hybridized carbons (Fsp3) is 0. The van der Waals surface area contributed by atoms with Crippen LogP contribution in [0.1, 0.15) is 0 Å². The number of rotatable bonds is 7. The van der Waals surface area contributed by atoms with Crippen LogP contribution in [-0.2, 0) is 0 Å².